The number of nitrogens with two attached hydrogens (primary N) is 1. The highest BCUT2D eigenvalue weighted by Gasteiger charge is 2.16. The van der Waals surface area contributed by atoms with Gasteiger partial charge in [-0.3, -0.25) is 5.84 Å². The van der Waals surface area contributed by atoms with Crippen LogP contribution in [0.4, 0.5) is 0 Å². The molecule has 2 nitrogen and oxygen atoms in total. The number of rotatable bonds is 5. The third-order valence-electron chi connectivity index (χ3n) is 2.60. The summed E-state index contributed by atoms with van der Waals surface area (Å²) in [6.07, 6.45) is 0. The van der Waals surface area contributed by atoms with Crippen LogP contribution in [0.5, 0.6) is 0 Å². The van der Waals surface area contributed by atoms with Crippen LogP contribution in [0.3, 0.4) is 0 Å². The minimum Gasteiger partial charge on any atom is -0.271 e. The third-order valence-corrected chi connectivity index (χ3v) is 5.43. The Balaban J connectivity index is 2.25. The van der Waals surface area contributed by atoms with E-state index in [0.717, 1.165) is 10.2 Å². The molecule has 5 heteroatoms. The van der Waals surface area contributed by atoms with Crippen molar-refractivity contribution >= 4 is 39.0 Å². The second-order valence-electron chi connectivity index (χ2n) is 3.73. The zero-order valence-corrected chi connectivity index (χ0v) is 13.2. The summed E-state index contributed by atoms with van der Waals surface area (Å²) in [5.41, 5.74) is 4.07. The molecule has 0 spiro atoms. The smallest absolute Gasteiger partial charge is 0.0813 e. The number of benzene rings is 1. The fraction of sp³-hybridized carbons (Fsp3) is 0.231. The summed E-state index contributed by atoms with van der Waals surface area (Å²) >= 11 is 7.10. The monoisotopic (exact) mass is 342 g/mol. The Bertz CT molecular complexity index is 496. The van der Waals surface area contributed by atoms with Gasteiger partial charge in [-0.05, 0) is 50.8 Å². The van der Waals surface area contributed by atoms with Crippen molar-refractivity contribution in [3.05, 3.63) is 50.6 Å². The van der Waals surface area contributed by atoms with Crippen molar-refractivity contribution in [1.82, 2.24) is 5.43 Å². The van der Waals surface area contributed by atoms with E-state index in [9.17, 15) is 0 Å². The van der Waals surface area contributed by atoms with Crippen molar-refractivity contribution in [2.45, 2.75) is 17.9 Å². The van der Waals surface area contributed by atoms with Crippen molar-refractivity contribution in [2.24, 2.45) is 5.84 Å². The molecule has 0 fully saturated rings. The Kier molecular flexibility index (Phi) is 5.26. The van der Waals surface area contributed by atoms with Crippen molar-refractivity contribution in [3.63, 3.8) is 0 Å². The Hall–Kier alpha value is -0.330. The molecule has 0 bridgehead atoms. The van der Waals surface area contributed by atoms with Gasteiger partial charge in [0.15, 0.2) is 0 Å². The fourth-order valence-corrected chi connectivity index (χ4v) is 4.11. The Morgan fingerprint density at radius 2 is 2.06 bits per heavy atom. The molecule has 2 rings (SSSR count). The third kappa shape index (κ3) is 3.16. The van der Waals surface area contributed by atoms with Crippen LogP contribution >= 0.6 is 39.0 Å². The molecule has 0 aliphatic carbocycles. The average Bonchev–Trinajstić information content (AvgIpc) is 2.79. The molecule has 0 saturated heterocycles. The predicted octanol–water partition coefficient (Wildman–Crippen LogP) is 4.18. The predicted molar refractivity (Wildman–Crippen MR) is 84.0 cm³/mol. The fourth-order valence-electron chi connectivity index (χ4n) is 1.76. The first-order valence-corrected chi connectivity index (χ1v) is 8.34. The highest BCUT2D eigenvalue weighted by atomic mass is 79.9. The zero-order valence-electron chi connectivity index (χ0n) is 10.0. The molecule has 0 radical (unpaired) electrons. The summed E-state index contributed by atoms with van der Waals surface area (Å²) in [7, 11) is 0. The molecular weight excluding hydrogens is 328 g/mol. The first-order valence-electron chi connectivity index (χ1n) is 5.68. The largest absolute Gasteiger partial charge is 0.271 e. The molecule has 1 unspecified atom stereocenters. The number of hydrazine groups is 1. The van der Waals surface area contributed by atoms with E-state index < -0.39 is 0 Å². The summed E-state index contributed by atoms with van der Waals surface area (Å²) < 4.78 is 1.10. The lowest BCUT2D eigenvalue weighted by Crippen LogP contribution is -2.28. The van der Waals surface area contributed by atoms with Crippen LogP contribution in [-0.4, -0.2) is 5.75 Å². The summed E-state index contributed by atoms with van der Waals surface area (Å²) in [6, 6.07) is 10.7. The normalized spacial score (nSPS) is 12.6. The van der Waals surface area contributed by atoms with Crippen LogP contribution in [0.25, 0.3) is 0 Å². The van der Waals surface area contributed by atoms with Gasteiger partial charge < -0.3 is 0 Å². The highest BCUT2D eigenvalue weighted by Crippen LogP contribution is 2.33. The van der Waals surface area contributed by atoms with Crippen molar-refractivity contribution < 1.29 is 0 Å². The minimum atomic E-state index is 0.0417. The molecule has 3 N–H and O–H groups in total. The maximum Gasteiger partial charge on any atom is 0.0813 e. The number of thiophene rings is 1. The first kappa shape index (κ1) is 14.1. The van der Waals surface area contributed by atoms with Gasteiger partial charge in [0.1, 0.15) is 0 Å². The topological polar surface area (TPSA) is 38.0 Å². The molecule has 18 heavy (non-hydrogen) atoms. The van der Waals surface area contributed by atoms with Crippen LogP contribution in [0, 0.1) is 0 Å². The van der Waals surface area contributed by atoms with E-state index in [2.05, 4.69) is 57.9 Å². The molecule has 0 aliphatic heterocycles. The van der Waals surface area contributed by atoms with Gasteiger partial charge in [0.2, 0.25) is 0 Å². The molecule has 0 saturated carbocycles. The standard InChI is InChI=1S/C13H15BrN2S2/c1-2-17-10-5-3-9(4-6-10)12(16-15)13-11(14)7-8-18-13/h3-8,12,16H,2,15H2,1H3. The minimum absolute atomic E-state index is 0.0417. The van der Waals surface area contributed by atoms with E-state index in [1.54, 1.807) is 11.3 Å². The maximum atomic E-state index is 5.69. The van der Waals surface area contributed by atoms with Crippen LogP contribution in [0.2, 0.25) is 0 Å². The summed E-state index contributed by atoms with van der Waals surface area (Å²) in [5, 5.41) is 2.06. The lowest BCUT2D eigenvalue weighted by atomic mass is 10.1. The quantitative estimate of drug-likeness (QED) is 0.486. The molecule has 2 aromatic rings. The van der Waals surface area contributed by atoms with Gasteiger partial charge in [-0.25, -0.2) is 5.43 Å². The molecule has 1 aromatic heterocycles. The van der Waals surface area contributed by atoms with Crippen molar-refractivity contribution in [3.8, 4) is 0 Å². The lowest BCUT2D eigenvalue weighted by molar-refractivity contribution is 0.644. The highest BCUT2D eigenvalue weighted by molar-refractivity contribution is 9.10. The van der Waals surface area contributed by atoms with E-state index in [-0.39, 0.29) is 6.04 Å². The van der Waals surface area contributed by atoms with Gasteiger partial charge in [0.05, 0.1) is 6.04 Å². The molecule has 1 aromatic carbocycles. The summed E-state index contributed by atoms with van der Waals surface area (Å²) in [5.74, 6) is 6.78. The maximum absolute atomic E-state index is 5.69. The van der Waals surface area contributed by atoms with Gasteiger partial charge in [-0.2, -0.15) is 0 Å². The van der Waals surface area contributed by atoms with Crippen LogP contribution in [-0.2, 0) is 0 Å². The SMILES string of the molecule is CCSc1ccc(C(NN)c2sccc2Br)cc1. The summed E-state index contributed by atoms with van der Waals surface area (Å²) in [6.45, 7) is 2.16. The molecule has 1 heterocycles. The number of hydrogen-bond acceptors (Lipinski definition) is 4. The van der Waals surface area contributed by atoms with Crippen LogP contribution in [0.1, 0.15) is 23.4 Å². The summed E-state index contributed by atoms with van der Waals surface area (Å²) in [4.78, 5) is 2.50. The molecule has 0 aliphatic rings. The second kappa shape index (κ2) is 6.73. The molecule has 1 atom stereocenters. The van der Waals surface area contributed by atoms with Crippen LogP contribution < -0.4 is 11.3 Å². The van der Waals surface area contributed by atoms with Crippen molar-refractivity contribution in [2.75, 3.05) is 5.75 Å². The van der Waals surface area contributed by atoms with Gasteiger partial charge in [-0.1, -0.05) is 19.1 Å². The van der Waals surface area contributed by atoms with Gasteiger partial charge in [0, 0.05) is 14.2 Å². The molecule has 96 valence electrons. The number of thioether (sulfide) groups is 1. The van der Waals surface area contributed by atoms with Crippen LogP contribution in [0.15, 0.2) is 45.1 Å². The molecular formula is C13H15BrN2S2. The average molecular weight is 343 g/mol. The van der Waals surface area contributed by atoms with Crippen molar-refractivity contribution in [1.29, 1.82) is 0 Å². The van der Waals surface area contributed by atoms with E-state index in [1.165, 1.54) is 15.3 Å². The first-order chi connectivity index (χ1) is 8.76. The van der Waals surface area contributed by atoms with E-state index in [1.807, 2.05) is 17.8 Å². The zero-order chi connectivity index (χ0) is 13.0. The Morgan fingerprint density at radius 1 is 1.33 bits per heavy atom. The van der Waals surface area contributed by atoms with Gasteiger partial charge >= 0.3 is 0 Å². The number of halogens is 1. The Morgan fingerprint density at radius 3 is 2.56 bits per heavy atom. The lowest BCUT2D eigenvalue weighted by Gasteiger charge is -2.16. The van der Waals surface area contributed by atoms with Gasteiger partial charge in [-0.15, -0.1) is 23.1 Å². The Labute approximate surface area is 124 Å². The number of hydrogen-bond donors (Lipinski definition) is 2. The molecule has 0 amide bonds. The van der Waals surface area contributed by atoms with Gasteiger partial charge in [0.25, 0.3) is 0 Å². The second-order valence-corrected chi connectivity index (χ2v) is 6.87. The van der Waals surface area contributed by atoms with E-state index in [0.29, 0.717) is 0 Å². The van der Waals surface area contributed by atoms with E-state index in [4.69, 9.17) is 5.84 Å². The number of nitrogens with one attached hydrogen (secondary N) is 1. The van der Waals surface area contributed by atoms with E-state index >= 15 is 0 Å².